The Balaban J connectivity index is 1.67. The molecule has 0 amide bonds. The van der Waals surface area contributed by atoms with E-state index in [-0.39, 0.29) is 69.7 Å². The summed E-state index contributed by atoms with van der Waals surface area (Å²) < 4.78 is 48.4. The van der Waals surface area contributed by atoms with Crippen LogP contribution in [0.5, 0.6) is 11.5 Å². The van der Waals surface area contributed by atoms with E-state index >= 15 is 0 Å². The molecule has 9 atom stereocenters. The van der Waals surface area contributed by atoms with Gasteiger partial charge >= 0.3 is 11.8 Å². The van der Waals surface area contributed by atoms with Gasteiger partial charge in [-0.3, -0.25) is 19.2 Å². The van der Waals surface area contributed by atoms with Crippen molar-refractivity contribution in [1.82, 2.24) is 0 Å². The van der Waals surface area contributed by atoms with Gasteiger partial charge in [-0.05, 0) is 33.8 Å². The lowest BCUT2D eigenvalue weighted by molar-refractivity contribution is -0.336. The van der Waals surface area contributed by atoms with Crippen LogP contribution in [0.2, 0.25) is 0 Å². The molecule has 55 heavy (non-hydrogen) atoms. The molecule has 0 N–H and O–H groups in total. The zero-order chi connectivity index (χ0) is 40.7. The molecule has 5 aliphatic rings. The van der Waals surface area contributed by atoms with Crippen molar-refractivity contribution in [3.8, 4) is 11.5 Å². The number of aliphatic imine (C=N–C) groups is 1. The first-order chi connectivity index (χ1) is 25.8. The number of fused-ring (bicyclic) bond motifs is 9. The summed E-state index contributed by atoms with van der Waals surface area (Å²) in [6.45, 7) is 17.9. The largest absolute Gasteiger partial charge is 0.496 e. The molecule has 6 rings (SSSR count). The molecule has 0 aromatic heterocycles. The Labute approximate surface area is 322 Å². The summed E-state index contributed by atoms with van der Waals surface area (Å²) in [4.78, 5) is 59.2. The standard InChI is InChI=1S/C42H53NO12/c1-20-15-14-16-21(2)40(50-13)43-27-19-28(45)30-31(33(27)46)37(49-12)25(6)38-32(30)39(47)42(10,55-38)51-18-17-29(48-11)22(3)35(52-26(7)44)24(5)36-23(4)34(20)53-41(8,9)54-36/h14-20,22-24,29,34-36H,1-13H3/b15-14+,18-17+,21-16-,43-40?. The molecule has 4 aliphatic heterocycles. The minimum atomic E-state index is -1.92. The number of ketones is 3. The second-order valence-corrected chi connectivity index (χ2v) is 15.3. The van der Waals surface area contributed by atoms with Gasteiger partial charge in [-0.1, -0.05) is 45.9 Å². The predicted molar refractivity (Wildman–Crippen MR) is 202 cm³/mol. The zero-order valence-corrected chi connectivity index (χ0v) is 33.9. The molecule has 13 nitrogen and oxygen atoms in total. The third-order valence-electron chi connectivity index (χ3n) is 10.9. The number of hydrogen-bond donors (Lipinski definition) is 0. The van der Waals surface area contributed by atoms with E-state index in [1.807, 2.05) is 39.8 Å². The maximum absolute atomic E-state index is 14.2. The van der Waals surface area contributed by atoms with Crippen molar-refractivity contribution in [3.05, 3.63) is 70.2 Å². The number of methoxy groups -OCH3 is 3. The second kappa shape index (κ2) is 15.9. The van der Waals surface area contributed by atoms with Crippen LogP contribution in [-0.4, -0.2) is 86.5 Å². The normalized spacial score (nSPS) is 34.3. The fourth-order valence-electron chi connectivity index (χ4n) is 8.10. The highest BCUT2D eigenvalue weighted by Crippen LogP contribution is 2.48. The minimum absolute atomic E-state index is 0.0631. The average Bonchev–Trinajstić information content (AvgIpc) is 3.39. The number of hydrogen-bond acceptors (Lipinski definition) is 13. The van der Waals surface area contributed by atoms with Gasteiger partial charge < -0.3 is 37.9 Å². The smallest absolute Gasteiger partial charge is 0.312 e. The van der Waals surface area contributed by atoms with Gasteiger partial charge in [-0.15, -0.1) is 0 Å². The van der Waals surface area contributed by atoms with Crippen LogP contribution in [0.25, 0.3) is 0 Å². The van der Waals surface area contributed by atoms with Gasteiger partial charge in [0.05, 0.1) is 55.5 Å². The van der Waals surface area contributed by atoms with E-state index in [9.17, 15) is 19.2 Å². The molecule has 7 bridgehead atoms. The van der Waals surface area contributed by atoms with Gasteiger partial charge in [0.25, 0.3) is 5.78 Å². The molecular weight excluding hydrogens is 710 g/mol. The monoisotopic (exact) mass is 763 g/mol. The predicted octanol–water partition coefficient (Wildman–Crippen LogP) is 6.66. The fourth-order valence-corrected chi connectivity index (χ4v) is 8.10. The van der Waals surface area contributed by atoms with Gasteiger partial charge in [-0.25, -0.2) is 4.99 Å². The first kappa shape index (κ1) is 41.6. The summed E-state index contributed by atoms with van der Waals surface area (Å²) in [6.07, 6.45) is 7.64. The van der Waals surface area contributed by atoms with Crippen LogP contribution < -0.4 is 9.47 Å². The van der Waals surface area contributed by atoms with Crippen molar-refractivity contribution in [2.24, 2.45) is 28.7 Å². The lowest BCUT2D eigenvalue weighted by Gasteiger charge is -2.50. The number of allylic oxidation sites excluding steroid dienone is 4. The van der Waals surface area contributed by atoms with E-state index in [0.717, 1.165) is 6.08 Å². The number of Topliss-reactive ketones (excluding diaryl/α,β-unsaturated/α-hetero) is 2. The molecular formula is C42H53NO12. The van der Waals surface area contributed by atoms with E-state index in [1.54, 1.807) is 26.0 Å². The Morgan fingerprint density at radius 2 is 1.53 bits per heavy atom. The van der Waals surface area contributed by atoms with Crippen LogP contribution in [0.15, 0.2) is 52.9 Å². The Kier molecular flexibility index (Phi) is 12.0. The third-order valence-corrected chi connectivity index (χ3v) is 10.9. The first-order valence-electron chi connectivity index (χ1n) is 18.5. The Morgan fingerprint density at radius 3 is 2.15 bits per heavy atom. The summed E-state index contributed by atoms with van der Waals surface area (Å²) in [5.74, 6) is -6.00. The summed E-state index contributed by atoms with van der Waals surface area (Å²) >= 11 is 0. The Morgan fingerprint density at radius 1 is 0.855 bits per heavy atom. The van der Waals surface area contributed by atoms with Gasteiger partial charge in [0.15, 0.2) is 11.6 Å². The lowest BCUT2D eigenvalue weighted by atomic mass is 9.77. The number of benzene rings is 1. The van der Waals surface area contributed by atoms with Crippen LogP contribution in [0.3, 0.4) is 0 Å². The fraction of sp³-hybridized carbons (Fsp3) is 0.548. The van der Waals surface area contributed by atoms with Crippen molar-refractivity contribution < 1.29 is 57.1 Å². The lowest BCUT2D eigenvalue weighted by Crippen LogP contribution is -2.56. The summed E-state index contributed by atoms with van der Waals surface area (Å²) in [6, 6.07) is 0. The van der Waals surface area contributed by atoms with Crippen LogP contribution >= 0.6 is 0 Å². The van der Waals surface area contributed by atoms with Crippen molar-refractivity contribution in [3.63, 3.8) is 0 Å². The van der Waals surface area contributed by atoms with Gasteiger partial charge in [0, 0.05) is 61.8 Å². The third kappa shape index (κ3) is 7.79. The number of esters is 1. The minimum Gasteiger partial charge on any atom is -0.496 e. The van der Waals surface area contributed by atoms with Crippen molar-refractivity contribution in [2.45, 2.75) is 105 Å². The molecule has 1 aliphatic carbocycles. The highest BCUT2D eigenvalue weighted by Gasteiger charge is 2.52. The number of ether oxygens (including phenoxy) is 8. The maximum atomic E-state index is 14.2. The number of carbonyl (C=O) groups is 4. The van der Waals surface area contributed by atoms with Gasteiger partial charge in [-0.2, -0.15) is 0 Å². The molecule has 298 valence electrons. The van der Waals surface area contributed by atoms with Crippen LogP contribution in [0.4, 0.5) is 0 Å². The van der Waals surface area contributed by atoms with Crippen molar-refractivity contribution in [1.29, 1.82) is 0 Å². The van der Waals surface area contributed by atoms with E-state index in [4.69, 9.17) is 37.9 Å². The average molecular weight is 764 g/mol. The molecule has 1 fully saturated rings. The van der Waals surface area contributed by atoms with Crippen LogP contribution in [0, 0.1) is 30.6 Å². The molecule has 1 aromatic carbocycles. The highest BCUT2D eigenvalue weighted by atomic mass is 16.7. The van der Waals surface area contributed by atoms with Gasteiger partial charge in [0.2, 0.25) is 11.7 Å². The molecule has 0 saturated carbocycles. The molecule has 1 saturated heterocycles. The number of carbonyl (C=O) groups excluding carboxylic acids is 4. The topological polar surface area (TPSA) is 154 Å². The molecule has 9 unspecified atom stereocenters. The summed E-state index contributed by atoms with van der Waals surface area (Å²) in [7, 11) is 4.31. The van der Waals surface area contributed by atoms with Gasteiger partial charge in [0.1, 0.15) is 23.3 Å². The quantitative estimate of drug-likeness (QED) is 0.303. The zero-order valence-electron chi connectivity index (χ0n) is 33.9. The van der Waals surface area contributed by atoms with Crippen molar-refractivity contribution >= 4 is 29.2 Å². The molecule has 13 heteroatoms. The Bertz CT molecular complexity index is 1900. The SMILES string of the molecule is COC1=NC2=CC(=O)c3c(c(OC)c(C)c4c3C(=O)C(C)(O/C=C/C(OC)C(C)C(OC(C)=O)C(C)C3OC(C)(C)OC(C(C)/C=C/C=C\1C)C3C)O4)C2=O. The van der Waals surface area contributed by atoms with Crippen LogP contribution in [-0.2, 0) is 33.2 Å². The van der Waals surface area contributed by atoms with E-state index in [0.29, 0.717) is 11.1 Å². The summed E-state index contributed by atoms with van der Waals surface area (Å²) in [5, 5.41) is 0. The molecule has 1 aromatic rings. The Hall–Kier alpha value is -4.59. The van der Waals surface area contributed by atoms with E-state index < -0.39 is 53.0 Å². The first-order valence-corrected chi connectivity index (χ1v) is 18.5. The van der Waals surface area contributed by atoms with E-state index in [1.165, 1.54) is 41.4 Å². The highest BCUT2D eigenvalue weighted by molar-refractivity contribution is 6.30. The second-order valence-electron chi connectivity index (χ2n) is 15.3. The molecule has 4 heterocycles. The molecule has 0 spiro atoms. The maximum Gasteiger partial charge on any atom is 0.312 e. The summed E-state index contributed by atoms with van der Waals surface area (Å²) in [5.41, 5.74) is 0.370. The number of rotatable bonds is 3. The molecule has 0 radical (unpaired) electrons. The van der Waals surface area contributed by atoms with E-state index in [2.05, 4.69) is 18.8 Å². The number of nitrogens with zero attached hydrogens (tertiary/aromatic N) is 1. The van der Waals surface area contributed by atoms with Crippen LogP contribution in [0.1, 0.15) is 99.0 Å². The van der Waals surface area contributed by atoms with Crippen molar-refractivity contribution in [2.75, 3.05) is 21.3 Å².